The second kappa shape index (κ2) is 6.10. The summed E-state index contributed by atoms with van der Waals surface area (Å²) in [7, 11) is 0. The van der Waals surface area contributed by atoms with Gasteiger partial charge in [0.05, 0.1) is 0 Å². The predicted molar refractivity (Wildman–Crippen MR) is 77.0 cm³/mol. The van der Waals surface area contributed by atoms with Gasteiger partial charge in [0.1, 0.15) is 6.04 Å². The molecule has 4 nitrogen and oxygen atoms in total. The van der Waals surface area contributed by atoms with Crippen LogP contribution in [0.4, 0.5) is 0 Å². The fourth-order valence-electron chi connectivity index (χ4n) is 2.34. The summed E-state index contributed by atoms with van der Waals surface area (Å²) in [5.41, 5.74) is 2.48. The highest BCUT2D eigenvalue weighted by Gasteiger charge is 2.26. The molecule has 1 heterocycles. The zero-order valence-electron chi connectivity index (χ0n) is 10.9. The lowest BCUT2D eigenvalue weighted by atomic mass is 9.99. The highest BCUT2D eigenvalue weighted by molar-refractivity contribution is 7.80. The molecule has 1 aliphatic heterocycles. The van der Waals surface area contributed by atoms with E-state index in [1.54, 1.807) is 4.90 Å². The van der Waals surface area contributed by atoms with Crippen molar-refractivity contribution in [2.75, 3.05) is 12.3 Å². The van der Waals surface area contributed by atoms with E-state index in [4.69, 9.17) is 0 Å². The number of hydrogen-bond acceptors (Lipinski definition) is 3. The van der Waals surface area contributed by atoms with Gasteiger partial charge in [-0.2, -0.15) is 12.6 Å². The lowest BCUT2D eigenvalue weighted by Gasteiger charge is -2.31. The van der Waals surface area contributed by atoms with Gasteiger partial charge in [0.25, 0.3) is 0 Å². The Balaban J connectivity index is 2.07. The standard InChI is InChI=1S/C14H18N2O2S/c1-10(17)15-13(9-19)14(18)16-7-6-11-4-2-3-5-12(11)8-16/h2-5,13,19H,6-9H2,1H3,(H,15,17). The molecule has 1 N–H and O–H groups in total. The monoisotopic (exact) mass is 278 g/mol. The molecule has 0 aliphatic carbocycles. The Labute approximate surface area is 118 Å². The molecule has 1 atom stereocenters. The molecule has 0 saturated heterocycles. The third-order valence-corrected chi connectivity index (χ3v) is 3.67. The quantitative estimate of drug-likeness (QED) is 0.811. The van der Waals surface area contributed by atoms with Crippen molar-refractivity contribution in [3.8, 4) is 0 Å². The van der Waals surface area contributed by atoms with Crippen LogP contribution in [-0.2, 0) is 22.6 Å². The summed E-state index contributed by atoms with van der Waals surface area (Å²) in [6.45, 7) is 2.72. The molecule has 1 unspecified atom stereocenters. The van der Waals surface area contributed by atoms with Crippen molar-refractivity contribution < 1.29 is 9.59 Å². The van der Waals surface area contributed by atoms with Gasteiger partial charge in [-0.05, 0) is 17.5 Å². The Bertz CT molecular complexity index is 490. The third-order valence-electron chi connectivity index (χ3n) is 3.30. The molecule has 0 aromatic heterocycles. The van der Waals surface area contributed by atoms with E-state index >= 15 is 0 Å². The van der Waals surface area contributed by atoms with Crippen LogP contribution in [0, 0.1) is 0 Å². The first-order valence-corrected chi connectivity index (χ1v) is 6.98. The van der Waals surface area contributed by atoms with Crippen LogP contribution in [0.5, 0.6) is 0 Å². The van der Waals surface area contributed by atoms with Crippen molar-refractivity contribution in [1.29, 1.82) is 0 Å². The van der Waals surface area contributed by atoms with E-state index < -0.39 is 6.04 Å². The van der Waals surface area contributed by atoms with Crippen molar-refractivity contribution in [3.63, 3.8) is 0 Å². The first-order valence-electron chi connectivity index (χ1n) is 6.35. The molecule has 2 rings (SSSR count). The maximum atomic E-state index is 12.3. The molecule has 1 aromatic carbocycles. The van der Waals surface area contributed by atoms with Crippen molar-refractivity contribution >= 4 is 24.4 Å². The molecule has 1 aliphatic rings. The van der Waals surface area contributed by atoms with Gasteiger partial charge in [0.2, 0.25) is 11.8 Å². The lowest BCUT2D eigenvalue weighted by Crippen LogP contribution is -2.50. The van der Waals surface area contributed by atoms with E-state index in [2.05, 4.69) is 24.0 Å². The fraction of sp³-hybridized carbons (Fsp3) is 0.429. The highest BCUT2D eigenvalue weighted by atomic mass is 32.1. The van der Waals surface area contributed by atoms with Gasteiger partial charge in [0, 0.05) is 25.8 Å². The first-order chi connectivity index (χ1) is 9.11. The van der Waals surface area contributed by atoms with Gasteiger partial charge in [0.15, 0.2) is 0 Å². The summed E-state index contributed by atoms with van der Waals surface area (Å²) in [4.78, 5) is 25.2. The minimum Gasteiger partial charge on any atom is -0.344 e. The topological polar surface area (TPSA) is 49.4 Å². The van der Waals surface area contributed by atoms with Gasteiger partial charge in [-0.15, -0.1) is 0 Å². The van der Waals surface area contributed by atoms with E-state index in [-0.39, 0.29) is 11.8 Å². The number of fused-ring (bicyclic) bond motifs is 1. The molecule has 102 valence electrons. The maximum absolute atomic E-state index is 12.3. The molecular weight excluding hydrogens is 260 g/mol. The third kappa shape index (κ3) is 3.29. The second-order valence-corrected chi connectivity index (χ2v) is 5.08. The van der Waals surface area contributed by atoms with Crippen LogP contribution in [0.15, 0.2) is 24.3 Å². The average Bonchev–Trinajstić information content (AvgIpc) is 2.43. The van der Waals surface area contributed by atoms with Crippen molar-refractivity contribution in [2.45, 2.75) is 25.9 Å². The number of carbonyl (C=O) groups excluding carboxylic acids is 2. The first kappa shape index (κ1) is 13.9. The number of thiol groups is 1. The summed E-state index contributed by atoms with van der Waals surface area (Å²) in [6, 6.07) is 7.61. The van der Waals surface area contributed by atoms with E-state index in [0.717, 1.165) is 6.42 Å². The Hall–Kier alpha value is -1.49. The Morgan fingerprint density at radius 2 is 2.05 bits per heavy atom. The maximum Gasteiger partial charge on any atom is 0.246 e. The normalized spacial score (nSPS) is 15.6. The molecule has 0 radical (unpaired) electrons. The zero-order valence-corrected chi connectivity index (χ0v) is 11.8. The van der Waals surface area contributed by atoms with Crippen LogP contribution in [-0.4, -0.2) is 35.1 Å². The Morgan fingerprint density at radius 1 is 1.37 bits per heavy atom. The van der Waals surface area contributed by atoms with Crippen LogP contribution in [0.2, 0.25) is 0 Å². The Kier molecular flexibility index (Phi) is 4.47. The van der Waals surface area contributed by atoms with Crippen LogP contribution in [0.1, 0.15) is 18.1 Å². The highest BCUT2D eigenvalue weighted by Crippen LogP contribution is 2.19. The summed E-state index contributed by atoms with van der Waals surface area (Å²) in [5, 5.41) is 2.64. The van der Waals surface area contributed by atoms with E-state index in [9.17, 15) is 9.59 Å². The zero-order chi connectivity index (χ0) is 13.8. The number of hydrogen-bond donors (Lipinski definition) is 2. The lowest BCUT2D eigenvalue weighted by molar-refractivity contribution is -0.136. The van der Waals surface area contributed by atoms with Gasteiger partial charge < -0.3 is 10.2 Å². The number of benzene rings is 1. The summed E-state index contributed by atoms with van der Waals surface area (Å²) >= 11 is 4.14. The molecule has 5 heteroatoms. The molecular formula is C14H18N2O2S. The minimum absolute atomic E-state index is 0.0558. The van der Waals surface area contributed by atoms with Crippen LogP contribution < -0.4 is 5.32 Å². The van der Waals surface area contributed by atoms with E-state index in [1.165, 1.54) is 18.1 Å². The van der Waals surface area contributed by atoms with Crippen molar-refractivity contribution in [1.82, 2.24) is 10.2 Å². The number of carbonyl (C=O) groups is 2. The van der Waals surface area contributed by atoms with Crippen molar-refractivity contribution in [2.24, 2.45) is 0 Å². The predicted octanol–water partition coefficient (Wildman–Crippen LogP) is 1.01. The summed E-state index contributed by atoms with van der Waals surface area (Å²) in [6.07, 6.45) is 0.862. The molecule has 19 heavy (non-hydrogen) atoms. The molecule has 2 amide bonds. The van der Waals surface area contributed by atoms with Gasteiger partial charge in [-0.3, -0.25) is 9.59 Å². The van der Waals surface area contributed by atoms with E-state index in [0.29, 0.717) is 18.8 Å². The molecule has 1 aromatic rings. The van der Waals surface area contributed by atoms with Gasteiger partial charge >= 0.3 is 0 Å². The molecule has 0 saturated carbocycles. The van der Waals surface area contributed by atoms with Crippen LogP contribution in [0.25, 0.3) is 0 Å². The Morgan fingerprint density at radius 3 is 2.68 bits per heavy atom. The summed E-state index contributed by atoms with van der Waals surface area (Å²) < 4.78 is 0. The number of nitrogens with zero attached hydrogens (tertiary/aromatic N) is 1. The molecule has 0 bridgehead atoms. The molecule has 0 spiro atoms. The SMILES string of the molecule is CC(=O)NC(CS)C(=O)N1CCc2ccccc2C1. The average molecular weight is 278 g/mol. The largest absolute Gasteiger partial charge is 0.344 e. The smallest absolute Gasteiger partial charge is 0.246 e. The van der Waals surface area contributed by atoms with Crippen molar-refractivity contribution in [3.05, 3.63) is 35.4 Å². The summed E-state index contributed by atoms with van der Waals surface area (Å²) in [5.74, 6) is 0.0563. The fourth-order valence-corrected chi connectivity index (χ4v) is 2.58. The van der Waals surface area contributed by atoms with Gasteiger partial charge in [-0.25, -0.2) is 0 Å². The number of amides is 2. The minimum atomic E-state index is -0.536. The number of nitrogens with one attached hydrogen (secondary N) is 1. The number of rotatable bonds is 3. The molecule has 0 fully saturated rings. The second-order valence-electron chi connectivity index (χ2n) is 4.71. The van der Waals surface area contributed by atoms with Crippen LogP contribution in [0.3, 0.4) is 0 Å². The van der Waals surface area contributed by atoms with E-state index in [1.807, 2.05) is 18.2 Å². The van der Waals surface area contributed by atoms with Gasteiger partial charge in [-0.1, -0.05) is 24.3 Å². The van der Waals surface area contributed by atoms with Crippen LogP contribution >= 0.6 is 12.6 Å².